The first-order valence-corrected chi connectivity index (χ1v) is 11.1. The van der Waals surface area contributed by atoms with E-state index in [9.17, 15) is 9.36 Å². The zero-order valence-electron chi connectivity index (χ0n) is 17.4. The molecule has 0 spiro atoms. The molecule has 6 nitrogen and oxygen atoms in total. The van der Waals surface area contributed by atoms with Crippen molar-refractivity contribution in [3.63, 3.8) is 0 Å². The normalized spacial score (nSPS) is 14.4. The van der Waals surface area contributed by atoms with Gasteiger partial charge in [0.05, 0.1) is 18.9 Å². The number of benzene rings is 1. The molecule has 1 unspecified atom stereocenters. The SMILES string of the molecule is CCOP(=O)(OCC)C(C)C[C@H](Cc1ccccc1)NC(=O)OC(C)(C)C. The molecule has 2 atom stereocenters. The lowest BCUT2D eigenvalue weighted by atomic mass is 10.0. The van der Waals surface area contributed by atoms with E-state index >= 15 is 0 Å². The molecule has 0 saturated heterocycles. The van der Waals surface area contributed by atoms with Gasteiger partial charge in [0.2, 0.25) is 0 Å². The first kappa shape index (κ1) is 23.7. The van der Waals surface area contributed by atoms with Crippen LogP contribution in [0.15, 0.2) is 30.3 Å². The van der Waals surface area contributed by atoms with E-state index in [1.807, 2.05) is 58.0 Å². The number of ether oxygens (including phenoxy) is 1. The van der Waals surface area contributed by atoms with Crippen LogP contribution in [-0.4, -0.2) is 36.6 Å². The molecule has 0 aliphatic heterocycles. The molecule has 27 heavy (non-hydrogen) atoms. The summed E-state index contributed by atoms with van der Waals surface area (Å²) in [7, 11) is -3.25. The van der Waals surface area contributed by atoms with Crippen LogP contribution in [0.4, 0.5) is 4.79 Å². The molecule has 1 amide bonds. The zero-order chi connectivity index (χ0) is 20.5. The van der Waals surface area contributed by atoms with Crippen LogP contribution in [-0.2, 0) is 24.8 Å². The van der Waals surface area contributed by atoms with Crippen molar-refractivity contribution >= 4 is 13.7 Å². The Morgan fingerprint density at radius 1 is 1.11 bits per heavy atom. The van der Waals surface area contributed by atoms with Crippen molar-refractivity contribution in [2.75, 3.05) is 13.2 Å². The average Bonchev–Trinajstić information content (AvgIpc) is 2.54. The predicted octanol–water partition coefficient (Wildman–Crippen LogP) is 5.17. The first-order valence-electron chi connectivity index (χ1n) is 9.51. The Labute approximate surface area is 163 Å². The fourth-order valence-electron chi connectivity index (χ4n) is 2.76. The van der Waals surface area contributed by atoms with Crippen LogP contribution in [0.3, 0.4) is 0 Å². The Morgan fingerprint density at radius 3 is 2.15 bits per heavy atom. The second kappa shape index (κ2) is 10.8. The number of carbonyl (C=O) groups is 1. The van der Waals surface area contributed by atoms with E-state index in [4.69, 9.17) is 13.8 Å². The van der Waals surface area contributed by atoms with Gasteiger partial charge in [-0.05, 0) is 53.0 Å². The van der Waals surface area contributed by atoms with Gasteiger partial charge >= 0.3 is 13.7 Å². The summed E-state index contributed by atoms with van der Waals surface area (Å²) in [6.45, 7) is 11.5. The van der Waals surface area contributed by atoms with Crippen LogP contribution in [0.2, 0.25) is 0 Å². The molecule has 1 rings (SSSR count). The molecule has 1 N–H and O–H groups in total. The minimum absolute atomic E-state index is 0.258. The maximum Gasteiger partial charge on any atom is 0.407 e. The predicted molar refractivity (Wildman–Crippen MR) is 108 cm³/mol. The van der Waals surface area contributed by atoms with Crippen LogP contribution in [0, 0.1) is 0 Å². The summed E-state index contributed by atoms with van der Waals surface area (Å²) in [6, 6.07) is 9.59. The smallest absolute Gasteiger partial charge is 0.407 e. The molecule has 1 aromatic rings. The van der Waals surface area contributed by atoms with Crippen molar-refractivity contribution in [2.45, 2.75) is 71.7 Å². The Kier molecular flexibility index (Phi) is 9.51. The molecular formula is C20H34NO5P. The van der Waals surface area contributed by atoms with Gasteiger partial charge in [0.1, 0.15) is 5.60 Å². The summed E-state index contributed by atoms with van der Waals surface area (Å²) >= 11 is 0. The van der Waals surface area contributed by atoms with Crippen molar-refractivity contribution in [3.05, 3.63) is 35.9 Å². The number of amides is 1. The summed E-state index contributed by atoms with van der Waals surface area (Å²) in [6.07, 6.45) is 0.562. The van der Waals surface area contributed by atoms with Gasteiger partial charge in [-0.25, -0.2) is 4.79 Å². The van der Waals surface area contributed by atoms with E-state index in [0.29, 0.717) is 26.1 Å². The molecule has 0 fully saturated rings. The maximum absolute atomic E-state index is 13.0. The minimum Gasteiger partial charge on any atom is -0.444 e. The van der Waals surface area contributed by atoms with Gasteiger partial charge < -0.3 is 19.1 Å². The maximum atomic E-state index is 13.0. The summed E-state index contributed by atoms with van der Waals surface area (Å²) < 4.78 is 29.3. The molecule has 0 saturated carbocycles. The van der Waals surface area contributed by atoms with Crippen LogP contribution < -0.4 is 5.32 Å². The number of nitrogens with one attached hydrogen (secondary N) is 1. The van der Waals surface area contributed by atoms with Gasteiger partial charge in [0.15, 0.2) is 0 Å². The standard InChI is InChI=1S/C20H34NO5P/c1-7-24-27(23,25-8-2)16(3)14-18(15-17-12-10-9-11-13-17)21-19(22)26-20(4,5)6/h9-13,16,18H,7-8,14-15H2,1-6H3,(H,21,22)/t16?,18-/m1/s1. The number of hydrogen-bond donors (Lipinski definition) is 1. The van der Waals surface area contributed by atoms with Crippen LogP contribution in [0.25, 0.3) is 0 Å². The number of hydrogen-bond acceptors (Lipinski definition) is 5. The van der Waals surface area contributed by atoms with Gasteiger partial charge in [0.25, 0.3) is 0 Å². The van der Waals surface area contributed by atoms with Crippen LogP contribution in [0.1, 0.15) is 53.5 Å². The van der Waals surface area contributed by atoms with Crippen LogP contribution in [0.5, 0.6) is 0 Å². The fraction of sp³-hybridized carbons (Fsp3) is 0.650. The quantitative estimate of drug-likeness (QED) is 0.550. The minimum atomic E-state index is -3.25. The molecule has 0 heterocycles. The monoisotopic (exact) mass is 399 g/mol. The number of alkyl carbamates (subject to hydrolysis) is 1. The van der Waals surface area contributed by atoms with Gasteiger partial charge in [-0.15, -0.1) is 0 Å². The lowest BCUT2D eigenvalue weighted by Crippen LogP contribution is -2.41. The van der Waals surface area contributed by atoms with Crippen LogP contribution >= 0.6 is 7.60 Å². The second-order valence-electron chi connectivity index (χ2n) is 7.49. The molecule has 0 aromatic heterocycles. The fourth-order valence-corrected chi connectivity index (χ4v) is 4.57. The van der Waals surface area contributed by atoms with E-state index in [1.54, 1.807) is 13.8 Å². The third kappa shape index (κ3) is 8.91. The molecule has 0 aliphatic carbocycles. The van der Waals surface area contributed by atoms with Gasteiger partial charge in [-0.2, -0.15) is 0 Å². The lowest BCUT2D eigenvalue weighted by Gasteiger charge is -2.28. The van der Waals surface area contributed by atoms with E-state index in [0.717, 1.165) is 5.56 Å². The largest absolute Gasteiger partial charge is 0.444 e. The number of carbonyl (C=O) groups excluding carboxylic acids is 1. The van der Waals surface area contributed by atoms with Gasteiger partial charge in [-0.3, -0.25) is 4.57 Å². The molecule has 1 aromatic carbocycles. The molecule has 154 valence electrons. The van der Waals surface area contributed by atoms with Crippen molar-refractivity contribution in [1.82, 2.24) is 5.32 Å². The van der Waals surface area contributed by atoms with Crippen molar-refractivity contribution in [2.24, 2.45) is 0 Å². The summed E-state index contributed by atoms with van der Waals surface area (Å²) in [5, 5.41) is 2.92. The topological polar surface area (TPSA) is 73.9 Å². The highest BCUT2D eigenvalue weighted by molar-refractivity contribution is 7.54. The third-order valence-electron chi connectivity index (χ3n) is 3.83. The molecular weight excluding hydrogens is 365 g/mol. The summed E-state index contributed by atoms with van der Waals surface area (Å²) in [5.74, 6) is 0. The highest BCUT2D eigenvalue weighted by atomic mass is 31.2. The highest BCUT2D eigenvalue weighted by Crippen LogP contribution is 2.54. The lowest BCUT2D eigenvalue weighted by molar-refractivity contribution is 0.0500. The van der Waals surface area contributed by atoms with E-state index in [-0.39, 0.29) is 11.7 Å². The van der Waals surface area contributed by atoms with E-state index in [2.05, 4.69) is 5.32 Å². The van der Waals surface area contributed by atoms with Gasteiger partial charge in [0, 0.05) is 6.04 Å². The average molecular weight is 399 g/mol. The second-order valence-corrected chi connectivity index (χ2v) is 9.97. The van der Waals surface area contributed by atoms with Crippen molar-refractivity contribution in [1.29, 1.82) is 0 Å². The Bertz CT molecular complexity index is 605. The summed E-state index contributed by atoms with van der Waals surface area (Å²) in [4.78, 5) is 12.3. The Morgan fingerprint density at radius 2 is 1.67 bits per heavy atom. The first-order chi connectivity index (χ1) is 12.6. The Hall–Kier alpha value is -1.36. The van der Waals surface area contributed by atoms with Gasteiger partial charge in [-0.1, -0.05) is 37.3 Å². The molecule has 0 aliphatic rings. The number of rotatable bonds is 10. The molecule has 0 bridgehead atoms. The van der Waals surface area contributed by atoms with Crippen molar-refractivity contribution < 1.29 is 23.1 Å². The highest BCUT2D eigenvalue weighted by Gasteiger charge is 2.34. The third-order valence-corrected chi connectivity index (χ3v) is 6.36. The molecule has 7 heteroatoms. The summed E-state index contributed by atoms with van der Waals surface area (Å²) in [5.41, 5.74) is 0.133. The van der Waals surface area contributed by atoms with E-state index < -0.39 is 19.3 Å². The van der Waals surface area contributed by atoms with E-state index in [1.165, 1.54) is 0 Å². The Balaban J connectivity index is 2.92. The molecule has 0 radical (unpaired) electrons. The zero-order valence-corrected chi connectivity index (χ0v) is 18.3. The van der Waals surface area contributed by atoms with Crippen molar-refractivity contribution in [3.8, 4) is 0 Å².